The van der Waals surface area contributed by atoms with Crippen molar-refractivity contribution in [1.29, 1.82) is 0 Å². The van der Waals surface area contributed by atoms with Crippen molar-refractivity contribution in [1.82, 2.24) is 14.9 Å². The van der Waals surface area contributed by atoms with Crippen LogP contribution in [0.4, 0.5) is 39.5 Å². The summed E-state index contributed by atoms with van der Waals surface area (Å²) in [6.07, 6.45) is -8.68. The van der Waals surface area contributed by atoms with E-state index >= 15 is 0 Å². The molecule has 2 fully saturated rings. The summed E-state index contributed by atoms with van der Waals surface area (Å²) < 4.78 is 107. The standard InChI is InChI=1S/C18H21N3O2.3C2HF3O2/c1-2-8-20-17(5-1)22-12-16-6-9-23-18(16)13-21(14-18)11-15-4-3-7-19-10-15;3*3-2(4,5)1(6)7/h1-5,7-8,10,16H,6,9,11-14H2;3*(H,6,7). The van der Waals surface area contributed by atoms with Crippen molar-refractivity contribution in [2.24, 2.45) is 5.92 Å². The van der Waals surface area contributed by atoms with Gasteiger partial charge in [-0.25, -0.2) is 19.4 Å². The zero-order valence-corrected chi connectivity index (χ0v) is 22.1. The number of aliphatic carboxylic acids is 3. The van der Waals surface area contributed by atoms with E-state index in [2.05, 4.69) is 20.9 Å². The molecule has 246 valence electrons. The Morgan fingerprint density at radius 2 is 1.39 bits per heavy atom. The van der Waals surface area contributed by atoms with E-state index in [4.69, 9.17) is 39.2 Å². The number of hydrogen-bond donors (Lipinski definition) is 3. The van der Waals surface area contributed by atoms with Crippen LogP contribution in [0.5, 0.6) is 5.88 Å². The molecule has 0 aliphatic carbocycles. The van der Waals surface area contributed by atoms with Gasteiger partial charge in [0.2, 0.25) is 5.88 Å². The fourth-order valence-corrected chi connectivity index (χ4v) is 3.56. The molecule has 11 nitrogen and oxygen atoms in total. The Kier molecular flexibility index (Phi) is 13.8. The van der Waals surface area contributed by atoms with Crippen LogP contribution in [0.2, 0.25) is 0 Å². The molecular formula is C24H24F9N3O8. The molecule has 2 aliphatic heterocycles. The second kappa shape index (κ2) is 16.0. The van der Waals surface area contributed by atoms with Crippen LogP contribution in [0.15, 0.2) is 48.9 Å². The summed E-state index contributed by atoms with van der Waals surface area (Å²) in [6.45, 7) is 4.39. The number of ether oxygens (including phenoxy) is 2. The minimum Gasteiger partial charge on any atom is -0.477 e. The van der Waals surface area contributed by atoms with Crippen molar-refractivity contribution < 1.29 is 78.7 Å². The van der Waals surface area contributed by atoms with Crippen LogP contribution >= 0.6 is 0 Å². The number of hydrogen-bond acceptors (Lipinski definition) is 8. The van der Waals surface area contributed by atoms with Gasteiger partial charge in [-0.2, -0.15) is 39.5 Å². The van der Waals surface area contributed by atoms with Gasteiger partial charge in [0.1, 0.15) is 0 Å². The molecule has 20 heteroatoms. The Morgan fingerprint density at radius 3 is 1.80 bits per heavy atom. The van der Waals surface area contributed by atoms with Crippen molar-refractivity contribution >= 4 is 17.9 Å². The molecule has 2 aliphatic rings. The molecule has 0 aromatic carbocycles. The van der Waals surface area contributed by atoms with E-state index < -0.39 is 36.4 Å². The fourth-order valence-electron chi connectivity index (χ4n) is 3.56. The lowest BCUT2D eigenvalue weighted by molar-refractivity contribution is -0.193. The monoisotopic (exact) mass is 653 g/mol. The number of likely N-dealkylation sites (tertiary alicyclic amines) is 1. The molecule has 1 atom stereocenters. The minimum atomic E-state index is -5.08. The zero-order chi connectivity index (χ0) is 33.8. The van der Waals surface area contributed by atoms with Gasteiger partial charge in [0.05, 0.1) is 12.2 Å². The Hall–Kier alpha value is -4.20. The van der Waals surface area contributed by atoms with Gasteiger partial charge >= 0.3 is 36.4 Å². The predicted molar refractivity (Wildman–Crippen MR) is 127 cm³/mol. The summed E-state index contributed by atoms with van der Waals surface area (Å²) in [7, 11) is 0. The Morgan fingerprint density at radius 1 is 0.864 bits per heavy atom. The van der Waals surface area contributed by atoms with Crippen molar-refractivity contribution in [2.45, 2.75) is 37.1 Å². The van der Waals surface area contributed by atoms with Crippen molar-refractivity contribution in [3.63, 3.8) is 0 Å². The molecule has 44 heavy (non-hydrogen) atoms. The average Bonchev–Trinajstić information content (AvgIpc) is 3.32. The molecule has 4 rings (SSSR count). The van der Waals surface area contributed by atoms with Gasteiger partial charge in [-0.1, -0.05) is 12.1 Å². The maximum Gasteiger partial charge on any atom is 0.490 e. The highest BCUT2D eigenvalue weighted by Crippen LogP contribution is 2.40. The first kappa shape index (κ1) is 37.8. The lowest BCUT2D eigenvalue weighted by Gasteiger charge is -2.50. The highest BCUT2D eigenvalue weighted by molar-refractivity contribution is 5.73. The normalized spacial score (nSPS) is 17.3. The van der Waals surface area contributed by atoms with Crippen LogP contribution in [0, 0.1) is 5.92 Å². The summed E-state index contributed by atoms with van der Waals surface area (Å²) in [5, 5.41) is 21.4. The summed E-state index contributed by atoms with van der Waals surface area (Å²) >= 11 is 0. The number of carboxylic acid groups (broad SMARTS) is 3. The maximum atomic E-state index is 10.6. The number of alkyl halides is 9. The van der Waals surface area contributed by atoms with Gasteiger partial charge in [-0.05, 0) is 24.1 Å². The van der Waals surface area contributed by atoms with Gasteiger partial charge < -0.3 is 24.8 Å². The van der Waals surface area contributed by atoms with E-state index in [9.17, 15) is 39.5 Å². The number of nitrogens with zero attached hydrogens (tertiary/aromatic N) is 3. The van der Waals surface area contributed by atoms with Crippen LogP contribution < -0.4 is 4.74 Å². The minimum absolute atomic E-state index is 0.0308. The van der Waals surface area contributed by atoms with Gasteiger partial charge in [0.15, 0.2) is 0 Å². The molecule has 3 N–H and O–H groups in total. The Labute approximate surface area is 241 Å². The van der Waals surface area contributed by atoms with Gasteiger partial charge in [-0.3, -0.25) is 9.88 Å². The van der Waals surface area contributed by atoms with E-state index in [-0.39, 0.29) is 5.60 Å². The molecule has 1 unspecified atom stereocenters. The van der Waals surface area contributed by atoms with Crippen molar-refractivity contribution in [2.75, 3.05) is 26.3 Å². The topological polar surface area (TPSA) is 159 Å². The highest BCUT2D eigenvalue weighted by Gasteiger charge is 2.53. The van der Waals surface area contributed by atoms with E-state index in [1.165, 1.54) is 5.56 Å². The second-order valence-corrected chi connectivity index (χ2v) is 8.79. The highest BCUT2D eigenvalue weighted by atomic mass is 19.4. The van der Waals surface area contributed by atoms with Crippen molar-refractivity contribution in [3.05, 3.63) is 54.5 Å². The first-order valence-corrected chi connectivity index (χ1v) is 11.9. The quantitative estimate of drug-likeness (QED) is 0.400. The first-order valence-electron chi connectivity index (χ1n) is 11.9. The van der Waals surface area contributed by atoms with E-state index in [0.717, 1.165) is 32.7 Å². The number of aromatic nitrogens is 2. The molecule has 2 aromatic rings. The van der Waals surface area contributed by atoms with E-state index in [1.54, 1.807) is 6.20 Å². The smallest absolute Gasteiger partial charge is 0.477 e. The summed E-state index contributed by atoms with van der Waals surface area (Å²) in [4.78, 5) is 37.5. The number of carboxylic acids is 3. The maximum absolute atomic E-state index is 10.6. The summed E-state index contributed by atoms with van der Waals surface area (Å²) in [5.41, 5.74) is 1.22. The molecule has 0 amide bonds. The molecule has 1 spiro atoms. The lowest BCUT2D eigenvalue weighted by Crippen LogP contribution is -2.64. The third-order valence-electron chi connectivity index (χ3n) is 5.51. The predicted octanol–water partition coefficient (Wildman–Crippen LogP) is 4.05. The molecule has 0 saturated carbocycles. The number of pyridine rings is 2. The number of halogens is 9. The summed E-state index contributed by atoms with van der Waals surface area (Å²) in [6, 6.07) is 9.85. The molecule has 4 heterocycles. The van der Waals surface area contributed by atoms with Gasteiger partial charge in [0.25, 0.3) is 0 Å². The molecular weight excluding hydrogens is 629 g/mol. The third-order valence-corrected chi connectivity index (χ3v) is 5.51. The second-order valence-electron chi connectivity index (χ2n) is 8.79. The van der Waals surface area contributed by atoms with Gasteiger partial charge in [0, 0.05) is 56.8 Å². The van der Waals surface area contributed by atoms with Crippen molar-refractivity contribution in [3.8, 4) is 5.88 Å². The molecule has 0 bridgehead atoms. The Balaban J connectivity index is 0.000000379. The third kappa shape index (κ3) is 13.4. The molecule has 2 aromatic heterocycles. The van der Waals surface area contributed by atoms with Crippen LogP contribution in [-0.4, -0.2) is 98.5 Å². The van der Waals surface area contributed by atoms with E-state index in [0.29, 0.717) is 18.4 Å². The lowest BCUT2D eigenvalue weighted by atomic mass is 9.81. The molecule has 0 radical (unpaired) electrons. The number of rotatable bonds is 5. The fraction of sp³-hybridized carbons (Fsp3) is 0.458. The van der Waals surface area contributed by atoms with Crippen LogP contribution in [0.3, 0.4) is 0 Å². The Bertz CT molecular complexity index is 1130. The summed E-state index contributed by atoms with van der Waals surface area (Å²) in [5.74, 6) is -7.14. The largest absolute Gasteiger partial charge is 0.490 e. The SMILES string of the molecule is O=C(O)C(F)(F)F.O=C(O)C(F)(F)F.O=C(O)C(F)(F)F.c1ccc(OCC2CCOC23CN(Cc2cccnc2)C3)nc1. The molecule has 2 saturated heterocycles. The average molecular weight is 653 g/mol. The first-order chi connectivity index (χ1) is 20.2. The van der Waals surface area contributed by atoms with Crippen LogP contribution in [0.1, 0.15) is 12.0 Å². The van der Waals surface area contributed by atoms with Crippen LogP contribution in [0.25, 0.3) is 0 Å². The van der Waals surface area contributed by atoms with Gasteiger partial charge in [-0.15, -0.1) is 0 Å². The van der Waals surface area contributed by atoms with Crippen LogP contribution in [-0.2, 0) is 25.7 Å². The number of carbonyl (C=O) groups is 3. The zero-order valence-electron chi connectivity index (χ0n) is 22.1. The van der Waals surface area contributed by atoms with E-state index in [1.807, 2.05) is 36.7 Å².